The summed E-state index contributed by atoms with van der Waals surface area (Å²) in [6.45, 7) is 31.6. The van der Waals surface area contributed by atoms with Crippen molar-refractivity contribution in [1.29, 1.82) is 0 Å². The highest BCUT2D eigenvalue weighted by molar-refractivity contribution is 14.1. The minimum absolute atomic E-state index is 0.0532. The van der Waals surface area contributed by atoms with Crippen LogP contribution in [0, 0.1) is 79.0 Å². The van der Waals surface area contributed by atoms with E-state index in [0.29, 0.717) is 23.7 Å². The summed E-state index contributed by atoms with van der Waals surface area (Å²) >= 11 is 26.0. The third kappa shape index (κ3) is 31.9. The highest BCUT2D eigenvalue weighted by atomic mass is 127. The van der Waals surface area contributed by atoms with Crippen molar-refractivity contribution in [3.05, 3.63) is 177 Å². The third-order valence-electron chi connectivity index (χ3n) is 10.4. The van der Waals surface area contributed by atoms with Crippen molar-refractivity contribution in [2.24, 2.45) is 0 Å². The maximum Gasteiger partial charge on any atom is 0.427 e. The van der Waals surface area contributed by atoms with E-state index in [1.165, 1.54) is 95.6 Å². The molecule has 2 aliphatic heterocycles. The number of allylic oxidation sites excluding steroid dienone is 4. The fourth-order valence-electron chi connectivity index (χ4n) is 5.17. The molecule has 0 saturated carbocycles. The van der Waals surface area contributed by atoms with Gasteiger partial charge in [-0.3, -0.25) is 4.21 Å². The fraction of sp³-hybridized carbons (Fsp3) is 0.393. The van der Waals surface area contributed by atoms with E-state index in [4.69, 9.17) is 21.1 Å². The second-order valence-electron chi connectivity index (χ2n) is 16.6. The van der Waals surface area contributed by atoms with Crippen LogP contribution < -0.4 is 0 Å². The Morgan fingerprint density at radius 1 is 0.675 bits per heavy atom. The molecule has 77 heavy (non-hydrogen) atoms. The zero-order chi connectivity index (χ0) is 58.3. The Hall–Kier alpha value is -1.67. The molecule has 0 radical (unpaired) electrons. The van der Waals surface area contributed by atoms with Gasteiger partial charge in [0.1, 0.15) is 10.6 Å². The van der Waals surface area contributed by atoms with E-state index in [9.17, 15) is 17.4 Å². The van der Waals surface area contributed by atoms with Crippen molar-refractivity contribution >= 4 is 163 Å². The Morgan fingerprint density at radius 3 is 1.48 bits per heavy atom. The number of rotatable bonds is 1. The second kappa shape index (κ2) is 40.5. The standard InChI is InChI=1S/C7H12O.C6H9NS.C6H10O2S.C6H8S2.C6H8S.C5H5BrS.C5H5ClS.C5H4F3NS.C5H5IS.C5H6S/c1-6-4-3-5-8-7(6)2;1-4-5(2)8-6(3)7-4;1-5-6(2)9(7)4-3-8-5;1-5-3-4-8-6(5)7-2;1-5-3-4-7-6(5)2;2*1-4-2-3-7-5(4)6;1-3-4(5(6,7)8)10-2-9-3;1-4-2-3-7-5(4)6;1-5-2-3-6-4-5/h3-5H2,1-2H3;1-3H3;3-4H2,1-2H3;3-4H,1-2H3;3-4H,1-2H3;2*2-3H,1H3;2H,1H3;2-3H,1H3;2-4H,1H3. The summed E-state index contributed by atoms with van der Waals surface area (Å²) in [6, 6.07) is 12.6. The zero-order valence-electron chi connectivity index (χ0n) is 46.6. The van der Waals surface area contributed by atoms with Crippen LogP contribution in [0.3, 0.4) is 0 Å². The monoisotopic (exact) mass is 1440 g/mol. The number of aromatic nitrogens is 2. The molecule has 21 heteroatoms. The SMILES string of the molecule is CC1=C(C)OCCC1.CC1=C(C)S(=O)CCO1.CSc1sccc1C.Cc1ccsc1.Cc1ccsc1Br.Cc1ccsc1C.Cc1ccsc1Cl.Cc1ccsc1I.Cc1nc(C)c(C)s1.Cc1ncsc1C(F)(F)F. The minimum atomic E-state index is -4.23. The number of hydrogen-bond donors (Lipinski definition) is 0. The summed E-state index contributed by atoms with van der Waals surface area (Å²) in [7, 11) is -0.760. The van der Waals surface area contributed by atoms with Crippen LogP contribution in [0.4, 0.5) is 13.2 Å². The van der Waals surface area contributed by atoms with E-state index in [-0.39, 0.29) is 5.69 Å². The molecule has 2 aliphatic rings. The zero-order valence-corrected chi connectivity index (χ0v) is 59.3. The Balaban J connectivity index is 0.000000429. The summed E-state index contributed by atoms with van der Waals surface area (Å²) in [5.41, 5.74) is 11.9. The fourth-order valence-corrected chi connectivity index (χ4v) is 13.8. The van der Waals surface area contributed by atoms with Gasteiger partial charge in [-0.2, -0.15) is 24.5 Å². The number of hydrogen-bond acceptors (Lipinski definition) is 14. The average molecular weight is 1440 g/mol. The van der Waals surface area contributed by atoms with Gasteiger partial charge in [-0.25, -0.2) is 9.97 Å². The van der Waals surface area contributed by atoms with Gasteiger partial charge in [0.15, 0.2) is 0 Å². The maximum absolute atomic E-state index is 11.9. The first-order chi connectivity index (χ1) is 36.2. The molecule has 426 valence electrons. The summed E-state index contributed by atoms with van der Waals surface area (Å²) < 4.78 is 61.9. The van der Waals surface area contributed by atoms with Crippen molar-refractivity contribution in [2.45, 2.75) is 127 Å². The van der Waals surface area contributed by atoms with Gasteiger partial charge in [0.05, 0.1) is 77.6 Å². The van der Waals surface area contributed by atoms with E-state index in [0.717, 1.165) is 27.4 Å². The molecule has 1 atom stereocenters. The summed E-state index contributed by atoms with van der Waals surface area (Å²) in [5, 5.41) is 15.8. The van der Waals surface area contributed by atoms with Crippen LogP contribution in [0.5, 0.6) is 0 Å². The lowest BCUT2D eigenvalue weighted by Crippen LogP contribution is -2.13. The second-order valence-corrected chi connectivity index (χ2v) is 31.0. The van der Waals surface area contributed by atoms with Gasteiger partial charge in [0.2, 0.25) is 0 Å². The van der Waals surface area contributed by atoms with Crippen LogP contribution in [-0.4, -0.2) is 39.4 Å². The van der Waals surface area contributed by atoms with E-state index in [1.54, 1.807) is 68.0 Å². The predicted molar refractivity (Wildman–Crippen MR) is 355 cm³/mol. The third-order valence-corrected chi connectivity index (χ3v) is 23.6. The molecule has 8 aromatic heterocycles. The normalized spacial score (nSPS) is 13.1. The molecule has 0 aliphatic carbocycles. The van der Waals surface area contributed by atoms with Crippen LogP contribution in [0.2, 0.25) is 4.34 Å². The molecule has 1 unspecified atom stereocenters. The number of nitrogens with zero attached hydrogens (tertiary/aromatic N) is 2. The molecule has 10 heterocycles. The molecular formula is C56H72BrClF3IN2O3S10. The lowest BCUT2D eigenvalue weighted by atomic mass is 10.1. The van der Waals surface area contributed by atoms with Gasteiger partial charge in [0, 0.05) is 9.75 Å². The Kier molecular flexibility index (Phi) is 38.6. The first-order valence-corrected chi connectivity index (χ1v) is 35.5. The van der Waals surface area contributed by atoms with E-state index < -0.39 is 21.9 Å². The van der Waals surface area contributed by atoms with Gasteiger partial charge in [-0.15, -0.1) is 91.1 Å². The molecule has 0 amide bonds. The topological polar surface area (TPSA) is 61.3 Å². The van der Waals surface area contributed by atoms with Crippen LogP contribution >= 0.6 is 153 Å². The first kappa shape index (κ1) is 73.3. The number of thiophene rings is 6. The largest absolute Gasteiger partial charge is 0.498 e. The number of thiazole rings is 2. The Morgan fingerprint density at radius 2 is 1.26 bits per heavy atom. The van der Waals surface area contributed by atoms with Crippen molar-refractivity contribution in [1.82, 2.24) is 9.97 Å². The first-order valence-electron chi connectivity index (χ1n) is 23.7. The number of alkyl halides is 3. The Labute approximate surface area is 523 Å². The lowest BCUT2D eigenvalue weighted by Gasteiger charge is -2.15. The van der Waals surface area contributed by atoms with Crippen LogP contribution in [0.1, 0.15) is 105 Å². The smallest absolute Gasteiger partial charge is 0.427 e. The van der Waals surface area contributed by atoms with Crippen molar-refractivity contribution in [3.8, 4) is 0 Å². The summed E-state index contributed by atoms with van der Waals surface area (Å²) in [6.07, 6.45) is 0.305. The van der Waals surface area contributed by atoms with Gasteiger partial charge in [-0.05, 0) is 274 Å². The molecule has 0 aromatic carbocycles. The Bertz CT molecular complexity index is 2670. The van der Waals surface area contributed by atoms with Crippen molar-refractivity contribution < 1.29 is 26.9 Å². The van der Waals surface area contributed by atoms with E-state index in [2.05, 4.69) is 173 Å². The minimum Gasteiger partial charge on any atom is -0.498 e. The number of aryl methyl sites for hydroxylation is 11. The average Bonchev–Trinajstić information content (AvgIpc) is 4.28. The number of thioether (sulfide) groups is 1. The van der Waals surface area contributed by atoms with Crippen LogP contribution in [-0.2, 0) is 26.4 Å². The molecule has 0 saturated heterocycles. The highest BCUT2D eigenvalue weighted by Crippen LogP contribution is 2.34. The highest BCUT2D eigenvalue weighted by Gasteiger charge is 2.34. The molecular weight excluding hydrogens is 1370 g/mol. The van der Waals surface area contributed by atoms with E-state index >= 15 is 0 Å². The van der Waals surface area contributed by atoms with Crippen LogP contribution in [0.25, 0.3) is 0 Å². The van der Waals surface area contributed by atoms with Gasteiger partial charge >= 0.3 is 6.18 Å². The molecule has 5 nitrogen and oxygen atoms in total. The maximum atomic E-state index is 11.9. The lowest BCUT2D eigenvalue weighted by molar-refractivity contribution is -0.134. The number of ether oxygens (including phenoxy) is 2. The van der Waals surface area contributed by atoms with E-state index in [1.807, 2.05) is 76.1 Å². The molecule has 0 bridgehead atoms. The van der Waals surface area contributed by atoms with Gasteiger partial charge in [-0.1, -0.05) is 11.6 Å². The molecule has 8 aromatic rings. The quantitative estimate of drug-likeness (QED) is 0.121. The predicted octanol–water partition coefficient (Wildman–Crippen LogP) is 23.0. The molecule has 0 fully saturated rings. The molecule has 10 rings (SSSR count). The van der Waals surface area contributed by atoms with Crippen molar-refractivity contribution in [2.75, 3.05) is 25.2 Å². The van der Waals surface area contributed by atoms with Gasteiger partial charge in [0.25, 0.3) is 0 Å². The molecule has 0 N–H and O–H groups in total. The molecule has 0 spiro atoms. The number of halogens is 6. The summed E-state index contributed by atoms with van der Waals surface area (Å²) in [4.78, 5) is 10.8. The van der Waals surface area contributed by atoms with Gasteiger partial charge < -0.3 is 9.47 Å². The summed E-state index contributed by atoms with van der Waals surface area (Å²) in [5.74, 6) is 2.62. The van der Waals surface area contributed by atoms with Crippen molar-refractivity contribution in [3.63, 3.8) is 0 Å². The van der Waals surface area contributed by atoms with Crippen LogP contribution in [0.15, 0.2) is 110 Å².